The van der Waals surface area contributed by atoms with Crippen LogP contribution >= 0.6 is 15.9 Å². The molecule has 3 atom stereocenters. The number of allylic oxidation sites excluding steroid dienone is 1. The van der Waals surface area contributed by atoms with Crippen molar-refractivity contribution in [3.05, 3.63) is 12.2 Å². The van der Waals surface area contributed by atoms with Gasteiger partial charge in [0.25, 0.3) is 0 Å². The van der Waals surface area contributed by atoms with Gasteiger partial charge in [-0.15, -0.1) is 0 Å². The quantitative estimate of drug-likeness (QED) is 0.436. The van der Waals surface area contributed by atoms with E-state index in [1.807, 2.05) is 0 Å². The van der Waals surface area contributed by atoms with Crippen molar-refractivity contribution in [2.75, 3.05) is 0 Å². The zero-order chi connectivity index (χ0) is 8.55. The molecule has 68 valence electrons. The summed E-state index contributed by atoms with van der Waals surface area (Å²) < 4.78 is 0. The van der Waals surface area contributed by atoms with Crippen LogP contribution in [-0.2, 0) is 0 Å². The molecule has 0 saturated heterocycles. The summed E-state index contributed by atoms with van der Waals surface area (Å²) in [5.41, 5.74) is 1.44. The van der Waals surface area contributed by atoms with Crippen LogP contribution < -0.4 is 0 Å². The fraction of sp³-hybridized carbons (Fsp3) is 0.818. The first-order valence-electron chi connectivity index (χ1n) is 5.11. The van der Waals surface area contributed by atoms with Gasteiger partial charge in [-0.2, -0.15) is 0 Å². The van der Waals surface area contributed by atoms with Gasteiger partial charge in [-0.25, -0.2) is 0 Å². The van der Waals surface area contributed by atoms with E-state index >= 15 is 0 Å². The monoisotopic (exact) mass is 228 g/mol. The third-order valence-corrected chi connectivity index (χ3v) is 4.90. The highest BCUT2D eigenvalue weighted by atomic mass is 79.9. The zero-order valence-electron chi connectivity index (χ0n) is 7.56. The molecule has 2 saturated carbocycles. The smallest absolute Gasteiger partial charge is 0.0382 e. The first kappa shape index (κ1) is 8.80. The maximum absolute atomic E-state index is 4.14. The lowest BCUT2D eigenvalue weighted by Crippen LogP contribution is -2.32. The second kappa shape index (κ2) is 3.53. The fourth-order valence-electron chi connectivity index (χ4n) is 2.79. The molecular formula is C11H17Br. The fourth-order valence-corrected chi connectivity index (χ4v) is 3.72. The Balaban J connectivity index is 2.08. The standard InChI is InChI=1S/C11H17Br/c1-8-6-7-9-4-2-3-5-10(9)11(8)12/h9-11H,1-7H2. The van der Waals surface area contributed by atoms with E-state index in [0.29, 0.717) is 4.83 Å². The van der Waals surface area contributed by atoms with Crippen LogP contribution in [0.25, 0.3) is 0 Å². The van der Waals surface area contributed by atoms with Gasteiger partial charge in [0.2, 0.25) is 0 Å². The number of alkyl halides is 1. The molecule has 0 heterocycles. The lowest BCUT2D eigenvalue weighted by molar-refractivity contribution is 0.207. The van der Waals surface area contributed by atoms with Gasteiger partial charge in [-0.3, -0.25) is 0 Å². The summed E-state index contributed by atoms with van der Waals surface area (Å²) in [4.78, 5) is 0.636. The van der Waals surface area contributed by atoms with E-state index in [1.165, 1.54) is 44.1 Å². The van der Waals surface area contributed by atoms with Crippen LogP contribution in [-0.4, -0.2) is 4.83 Å². The van der Waals surface area contributed by atoms with Crippen molar-refractivity contribution in [2.24, 2.45) is 11.8 Å². The summed E-state index contributed by atoms with van der Waals surface area (Å²) in [6.45, 7) is 4.14. The molecule has 0 aromatic rings. The first-order chi connectivity index (χ1) is 5.79. The lowest BCUT2D eigenvalue weighted by atomic mass is 9.69. The maximum atomic E-state index is 4.14. The third-order valence-electron chi connectivity index (χ3n) is 3.57. The molecule has 2 fully saturated rings. The third kappa shape index (κ3) is 1.48. The Hall–Kier alpha value is 0.220. The Bertz CT molecular complexity index is 185. The molecule has 0 bridgehead atoms. The van der Waals surface area contributed by atoms with Crippen LogP contribution in [0.2, 0.25) is 0 Å². The van der Waals surface area contributed by atoms with Crippen molar-refractivity contribution in [1.82, 2.24) is 0 Å². The Morgan fingerprint density at radius 1 is 1.17 bits per heavy atom. The molecule has 0 aliphatic heterocycles. The first-order valence-corrected chi connectivity index (χ1v) is 6.02. The molecule has 2 aliphatic rings. The Kier molecular flexibility index (Phi) is 2.59. The van der Waals surface area contributed by atoms with Crippen LogP contribution in [0.1, 0.15) is 38.5 Å². The van der Waals surface area contributed by atoms with Gasteiger partial charge in [0.1, 0.15) is 0 Å². The number of hydrogen-bond donors (Lipinski definition) is 0. The zero-order valence-corrected chi connectivity index (χ0v) is 9.15. The number of halogens is 1. The lowest BCUT2D eigenvalue weighted by Gasteiger charge is -2.40. The summed E-state index contributed by atoms with van der Waals surface area (Å²) in [6.07, 6.45) is 8.48. The number of rotatable bonds is 0. The SMILES string of the molecule is C=C1CCC2CCCCC2C1Br. The largest absolute Gasteiger partial charge is 0.0987 e. The maximum Gasteiger partial charge on any atom is 0.0382 e. The van der Waals surface area contributed by atoms with Gasteiger partial charge < -0.3 is 0 Å². The molecule has 0 nitrogen and oxygen atoms in total. The highest BCUT2D eigenvalue weighted by molar-refractivity contribution is 9.09. The van der Waals surface area contributed by atoms with Crippen molar-refractivity contribution in [2.45, 2.75) is 43.4 Å². The van der Waals surface area contributed by atoms with Crippen molar-refractivity contribution < 1.29 is 0 Å². The summed E-state index contributed by atoms with van der Waals surface area (Å²) in [5.74, 6) is 1.92. The summed E-state index contributed by atoms with van der Waals surface area (Å²) >= 11 is 3.80. The molecule has 0 amide bonds. The molecule has 0 radical (unpaired) electrons. The van der Waals surface area contributed by atoms with Gasteiger partial charge in [-0.05, 0) is 31.1 Å². The van der Waals surface area contributed by atoms with E-state index in [-0.39, 0.29) is 0 Å². The van der Waals surface area contributed by atoms with Crippen molar-refractivity contribution >= 4 is 15.9 Å². The van der Waals surface area contributed by atoms with Gasteiger partial charge in [0.05, 0.1) is 0 Å². The molecule has 2 aliphatic carbocycles. The van der Waals surface area contributed by atoms with E-state index in [2.05, 4.69) is 22.5 Å². The average Bonchev–Trinajstić information content (AvgIpc) is 2.12. The molecule has 2 rings (SSSR count). The molecule has 3 unspecified atom stereocenters. The number of fused-ring (bicyclic) bond motifs is 1. The van der Waals surface area contributed by atoms with Gasteiger partial charge >= 0.3 is 0 Å². The molecule has 1 heteroatoms. The number of hydrogen-bond acceptors (Lipinski definition) is 0. The molecule has 0 N–H and O–H groups in total. The van der Waals surface area contributed by atoms with Crippen molar-refractivity contribution in [1.29, 1.82) is 0 Å². The molecule has 0 aromatic heterocycles. The minimum atomic E-state index is 0.636. The van der Waals surface area contributed by atoms with Crippen molar-refractivity contribution in [3.8, 4) is 0 Å². The predicted octanol–water partition coefficient (Wildman–Crippen LogP) is 3.91. The second-order valence-electron chi connectivity index (χ2n) is 4.31. The van der Waals surface area contributed by atoms with Crippen LogP contribution in [0.15, 0.2) is 12.2 Å². The van der Waals surface area contributed by atoms with E-state index in [9.17, 15) is 0 Å². The topological polar surface area (TPSA) is 0 Å². The predicted molar refractivity (Wildman–Crippen MR) is 56.5 cm³/mol. The van der Waals surface area contributed by atoms with E-state index in [4.69, 9.17) is 0 Å². The van der Waals surface area contributed by atoms with E-state index < -0.39 is 0 Å². The normalized spacial score (nSPS) is 42.4. The Labute approximate surface area is 83.6 Å². The van der Waals surface area contributed by atoms with Gasteiger partial charge in [-0.1, -0.05) is 47.3 Å². The summed E-state index contributed by atoms with van der Waals surface area (Å²) in [5, 5.41) is 0. The van der Waals surface area contributed by atoms with Crippen LogP contribution in [0, 0.1) is 11.8 Å². The van der Waals surface area contributed by atoms with Crippen LogP contribution in [0.4, 0.5) is 0 Å². The minimum absolute atomic E-state index is 0.636. The van der Waals surface area contributed by atoms with E-state index in [1.54, 1.807) is 0 Å². The minimum Gasteiger partial charge on any atom is -0.0987 e. The van der Waals surface area contributed by atoms with Crippen LogP contribution in [0.5, 0.6) is 0 Å². The molecular weight excluding hydrogens is 212 g/mol. The van der Waals surface area contributed by atoms with Gasteiger partial charge in [0.15, 0.2) is 0 Å². The highest BCUT2D eigenvalue weighted by Crippen LogP contribution is 2.44. The van der Waals surface area contributed by atoms with Gasteiger partial charge in [0, 0.05) is 4.83 Å². The molecule has 12 heavy (non-hydrogen) atoms. The van der Waals surface area contributed by atoms with Crippen molar-refractivity contribution in [3.63, 3.8) is 0 Å². The van der Waals surface area contributed by atoms with E-state index in [0.717, 1.165) is 11.8 Å². The summed E-state index contributed by atoms with van der Waals surface area (Å²) in [6, 6.07) is 0. The second-order valence-corrected chi connectivity index (χ2v) is 5.29. The highest BCUT2D eigenvalue weighted by Gasteiger charge is 2.34. The summed E-state index contributed by atoms with van der Waals surface area (Å²) in [7, 11) is 0. The Morgan fingerprint density at radius 3 is 2.75 bits per heavy atom. The molecule has 0 aromatic carbocycles. The Morgan fingerprint density at radius 2 is 1.92 bits per heavy atom. The average molecular weight is 229 g/mol. The molecule has 0 spiro atoms. The van der Waals surface area contributed by atoms with Crippen LogP contribution in [0.3, 0.4) is 0 Å².